The standard InChI is InChI=1S/C12H12O/c1-8-7-11-10(9-5-6-9)3-2-4-12(11)13-8/h2-4,7,9H,5-6H2,1H3. The molecule has 1 fully saturated rings. The molecule has 1 heterocycles. The van der Waals surface area contributed by atoms with Crippen LogP contribution < -0.4 is 0 Å². The number of hydrogen-bond acceptors (Lipinski definition) is 1. The number of fused-ring (bicyclic) bond motifs is 1. The van der Waals surface area contributed by atoms with E-state index in [1.165, 1.54) is 23.8 Å². The van der Waals surface area contributed by atoms with Crippen LogP contribution in [0.5, 0.6) is 0 Å². The highest BCUT2D eigenvalue weighted by Gasteiger charge is 2.25. The summed E-state index contributed by atoms with van der Waals surface area (Å²) >= 11 is 0. The van der Waals surface area contributed by atoms with E-state index >= 15 is 0 Å². The van der Waals surface area contributed by atoms with E-state index in [1.54, 1.807) is 0 Å². The summed E-state index contributed by atoms with van der Waals surface area (Å²) < 4.78 is 5.59. The lowest BCUT2D eigenvalue weighted by atomic mass is 10.1. The lowest BCUT2D eigenvalue weighted by Gasteiger charge is -1.97. The number of aryl methyl sites for hydroxylation is 1. The van der Waals surface area contributed by atoms with Gasteiger partial charge < -0.3 is 4.42 Å². The third kappa shape index (κ3) is 1.07. The summed E-state index contributed by atoms with van der Waals surface area (Å²) in [5, 5.41) is 1.32. The zero-order chi connectivity index (χ0) is 8.84. The minimum atomic E-state index is 0.806. The van der Waals surface area contributed by atoms with E-state index in [4.69, 9.17) is 4.42 Å². The molecule has 0 radical (unpaired) electrons. The Hall–Kier alpha value is -1.24. The van der Waals surface area contributed by atoms with E-state index in [2.05, 4.69) is 18.2 Å². The summed E-state index contributed by atoms with van der Waals surface area (Å²) in [5.74, 6) is 1.82. The molecule has 3 rings (SSSR count). The van der Waals surface area contributed by atoms with Gasteiger partial charge in [-0.25, -0.2) is 0 Å². The SMILES string of the molecule is Cc1cc2c(C3CC3)cccc2o1. The molecular formula is C12H12O. The van der Waals surface area contributed by atoms with Crippen molar-refractivity contribution in [3.8, 4) is 0 Å². The van der Waals surface area contributed by atoms with Crippen molar-refractivity contribution >= 4 is 11.0 Å². The lowest BCUT2D eigenvalue weighted by Crippen LogP contribution is -1.78. The van der Waals surface area contributed by atoms with E-state index in [0.29, 0.717) is 0 Å². The Morgan fingerprint density at radius 3 is 2.92 bits per heavy atom. The molecule has 66 valence electrons. The Kier molecular flexibility index (Phi) is 1.32. The average molecular weight is 172 g/mol. The zero-order valence-corrected chi connectivity index (χ0v) is 7.71. The second kappa shape index (κ2) is 2.38. The van der Waals surface area contributed by atoms with Crippen LogP contribution in [0.1, 0.15) is 30.1 Å². The second-order valence-corrected chi connectivity index (χ2v) is 3.89. The molecule has 0 bridgehead atoms. The molecule has 1 saturated carbocycles. The minimum Gasteiger partial charge on any atom is -0.461 e. The maximum atomic E-state index is 5.59. The fourth-order valence-electron chi connectivity index (χ4n) is 1.96. The molecule has 1 heteroatoms. The molecule has 0 N–H and O–H groups in total. The van der Waals surface area contributed by atoms with Crippen molar-refractivity contribution in [3.63, 3.8) is 0 Å². The van der Waals surface area contributed by atoms with Crippen LogP contribution in [-0.4, -0.2) is 0 Å². The van der Waals surface area contributed by atoms with Crippen molar-refractivity contribution in [2.75, 3.05) is 0 Å². The summed E-state index contributed by atoms with van der Waals surface area (Å²) in [6.07, 6.45) is 2.70. The van der Waals surface area contributed by atoms with E-state index in [9.17, 15) is 0 Å². The number of rotatable bonds is 1. The van der Waals surface area contributed by atoms with Gasteiger partial charge >= 0.3 is 0 Å². The first-order valence-corrected chi connectivity index (χ1v) is 4.83. The van der Waals surface area contributed by atoms with Crippen LogP contribution in [-0.2, 0) is 0 Å². The van der Waals surface area contributed by atoms with Crippen LogP contribution in [0.2, 0.25) is 0 Å². The van der Waals surface area contributed by atoms with Gasteiger partial charge in [-0.15, -0.1) is 0 Å². The molecule has 1 aromatic carbocycles. The van der Waals surface area contributed by atoms with Crippen LogP contribution in [0.4, 0.5) is 0 Å². The van der Waals surface area contributed by atoms with Gasteiger partial charge in [0.2, 0.25) is 0 Å². The Morgan fingerprint density at radius 2 is 2.15 bits per heavy atom. The molecule has 0 spiro atoms. The average Bonchev–Trinajstić information content (AvgIpc) is 2.86. The summed E-state index contributed by atoms with van der Waals surface area (Å²) in [4.78, 5) is 0. The van der Waals surface area contributed by atoms with Crippen molar-refractivity contribution < 1.29 is 4.42 Å². The van der Waals surface area contributed by atoms with Gasteiger partial charge in [0.25, 0.3) is 0 Å². The van der Waals surface area contributed by atoms with Crippen LogP contribution in [0.3, 0.4) is 0 Å². The summed E-state index contributed by atoms with van der Waals surface area (Å²) in [5.41, 5.74) is 2.52. The van der Waals surface area contributed by atoms with Gasteiger partial charge in [0.1, 0.15) is 11.3 Å². The molecule has 1 aliphatic carbocycles. The quantitative estimate of drug-likeness (QED) is 0.640. The Morgan fingerprint density at radius 1 is 1.31 bits per heavy atom. The molecule has 1 aromatic heterocycles. The molecule has 2 aromatic rings. The summed E-state index contributed by atoms with van der Waals surface area (Å²) in [7, 11) is 0. The number of hydrogen-bond donors (Lipinski definition) is 0. The normalized spacial score (nSPS) is 16.7. The summed E-state index contributed by atoms with van der Waals surface area (Å²) in [6, 6.07) is 8.53. The third-order valence-electron chi connectivity index (χ3n) is 2.74. The fraction of sp³-hybridized carbons (Fsp3) is 0.333. The first-order valence-electron chi connectivity index (χ1n) is 4.83. The highest BCUT2D eigenvalue weighted by Crippen LogP contribution is 2.43. The van der Waals surface area contributed by atoms with Crippen molar-refractivity contribution in [2.24, 2.45) is 0 Å². The topological polar surface area (TPSA) is 13.1 Å². The predicted molar refractivity (Wildman–Crippen MR) is 52.9 cm³/mol. The highest BCUT2D eigenvalue weighted by molar-refractivity contribution is 5.82. The van der Waals surface area contributed by atoms with Gasteiger partial charge in [0, 0.05) is 5.39 Å². The van der Waals surface area contributed by atoms with Crippen LogP contribution >= 0.6 is 0 Å². The molecular weight excluding hydrogens is 160 g/mol. The molecule has 1 nitrogen and oxygen atoms in total. The van der Waals surface area contributed by atoms with Gasteiger partial charge in [0.05, 0.1) is 0 Å². The van der Waals surface area contributed by atoms with E-state index in [0.717, 1.165) is 17.3 Å². The zero-order valence-electron chi connectivity index (χ0n) is 7.71. The number of furan rings is 1. The highest BCUT2D eigenvalue weighted by atomic mass is 16.3. The molecule has 0 unspecified atom stereocenters. The van der Waals surface area contributed by atoms with E-state index < -0.39 is 0 Å². The third-order valence-corrected chi connectivity index (χ3v) is 2.74. The predicted octanol–water partition coefficient (Wildman–Crippen LogP) is 3.62. The molecule has 0 aliphatic heterocycles. The monoisotopic (exact) mass is 172 g/mol. The molecule has 0 atom stereocenters. The van der Waals surface area contributed by atoms with Crippen molar-refractivity contribution in [2.45, 2.75) is 25.7 Å². The second-order valence-electron chi connectivity index (χ2n) is 3.89. The molecule has 0 saturated heterocycles. The van der Waals surface area contributed by atoms with Crippen molar-refractivity contribution in [3.05, 3.63) is 35.6 Å². The van der Waals surface area contributed by atoms with E-state index in [-0.39, 0.29) is 0 Å². The minimum absolute atomic E-state index is 0.806. The maximum absolute atomic E-state index is 5.59. The Bertz CT molecular complexity index is 449. The van der Waals surface area contributed by atoms with Gasteiger partial charge in [-0.2, -0.15) is 0 Å². The molecule has 1 aliphatic rings. The van der Waals surface area contributed by atoms with Crippen LogP contribution in [0.25, 0.3) is 11.0 Å². The smallest absolute Gasteiger partial charge is 0.134 e. The lowest BCUT2D eigenvalue weighted by molar-refractivity contribution is 0.578. The van der Waals surface area contributed by atoms with Gasteiger partial charge in [-0.1, -0.05) is 12.1 Å². The molecule has 13 heavy (non-hydrogen) atoms. The van der Waals surface area contributed by atoms with Crippen molar-refractivity contribution in [1.82, 2.24) is 0 Å². The molecule has 0 amide bonds. The van der Waals surface area contributed by atoms with Gasteiger partial charge in [0.15, 0.2) is 0 Å². The Balaban J connectivity index is 2.31. The largest absolute Gasteiger partial charge is 0.461 e. The Labute approximate surface area is 77.4 Å². The van der Waals surface area contributed by atoms with E-state index in [1.807, 2.05) is 13.0 Å². The summed E-state index contributed by atoms with van der Waals surface area (Å²) in [6.45, 7) is 2.01. The first-order chi connectivity index (χ1) is 6.34. The van der Waals surface area contributed by atoms with Crippen molar-refractivity contribution in [1.29, 1.82) is 0 Å². The number of benzene rings is 1. The fourth-order valence-corrected chi connectivity index (χ4v) is 1.96. The van der Waals surface area contributed by atoms with Gasteiger partial charge in [-0.05, 0) is 43.4 Å². The van der Waals surface area contributed by atoms with Crippen LogP contribution in [0, 0.1) is 6.92 Å². The van der Waals surface area contributed by atoms with Crippen LogP contribution in [0.15, 0.2) is 28.7 Å². The van der Waals surface area contributed by atoms with Gasteiger partial charge in [-0.3, -0.25) is 0 Å². The maximum Gasteiger partial charge on any atom is 0.134 e. The first kappa shape index (κ1) is 7.19.